The van der Waals surface area contributed by atoms with Crippen molar-refractivity contribution in [2.45, 2.75) is 50.5 Å². The molecule has 1 atom stereocenters. The molecule has 0 radical (unpaired) electrons. The molecule has 1 saturated heterocycles. The maximum Gasteiger partial charge on any atom is 0.319 e. The fraction of sp³-hybridized carbons (Fsp3) is 0.387. The van der Waals surface area contributed by atoms with Crippen molar-refractivity contribution in [2.75, 3.05) is 25.0 Å². The fourth-order valence-electron chi connectivity index (χ4n) is 6.06. The Hall–Kier alpha value is -2.60. The first-order valence-corrected chi connectivity index (χ1v) is 14.3. The Bertz CT molecular complexity index is 1240. The number of hydrogen-bond acceptors (Lipinski definition) is 2. The second-order valence-electron chi connectivity index (χ2n) is 10.5. The predicted octanol–water partition coefficient (Wildman–Crippen LogP) is 8.36. The molecule has 1 unspecified atom stereocenters. The number of carbonyl (C=O) groups is 1. The zero-order chi connectivity index (χ0) is 26.5. The lowest BCUT2D eigenvalue weighted by atomic mass is 9.79. The summed E-state index contributed by atoms with van der Waals surface area (Å²) in [5.41, 5.74) is 3.88. The molecular weight excluding hydrogens is 520 g/mol. The van der Waals surface area contributed by atoms with Gasteiger partial charge in [-0.2, -0.15) is 0 Å². The molecule has 0 spiro atoms. The van der Waals surface area contributed by atoms with Crippen molar-refractivity contribution in [1.29, 1.82) is 0 Å². The quantitative estimate of drug-likeness (QED) is 0.308. The van der Waals surface area contributed by atoms with Crippen LogP contribution in [0.5, 0.6) is 0 Å². The van der Waals surface area contributed by atoms with E-state index in [1.165, 1.54) is 49.4 Å². The molecular formula is C31H34Cl2FN3O. The van der Waals surface area contributed by atoms with Crippen molar-refractivity contribution in [3.63, 3.8) is 0 Å². The summed E-state index contributed by atoms with van der Waals surface area (Å²) >= 11 is 12.1. The number of urea groups is 1. The van der Waals surface area contributed by atoms with Gasteiger partial charge in [-0.15, -0.1) is 0 Å². The number of anilines is 1. The monoisotopic (exact) mass is 553 g/mol. The lowest BCUT2D eigenvalue weighted by molar-refractivity contribution is 0.123. The number of hydrogen-bond donors (Lipinski definition) is 2. The summed E-state index contributed by atoms with van der Waals surface area (Å²) in [6.07, 6.45) is 7.60. The van der Waals surface area contributed by atoms with E-state index in [2.05, 4.69) is 45.9 Å². The van der Waals surface area contributed by atoms with Gasteiger partial charge in [0.05, 0.1) is 5.02 Å². The number of rotatable bonds is 7. The van der Waals surface area contributed by atoms with E-state index in [-0.39, 0.29) is 17.0 Å². The van der Waals surface area contributed by atoms with E-state index in [1.807, 2.05) is 18.2 Å². The van der Waals surface area contributed by atoms with Crippen molar-refractivity contribution < 1.29 is 9.18 Å². The maximum atomic E-state index is 13.5. The molecule has 2 amide bonds. The highest BCUT2D eigenvalue weighted by Gasteiger charge is 2.31. The van der Waals surface area contributed by atoms with Crippen molar-refractivity contribution in [1.82, 2.24) is 10.2 Å². The van der Waals surface area contributed by atoms with Crippen LogP contribution < -0.4 is 10.6 Å². The van der Waals surface area contributed by atoms with Crippen molar-refractivity contribution >= 4 is 34.9 Å². The Labute approximate surface area is 234 Å². The number of nitrogens with one attached hydrogen (secondary N) is 2. The first-order valence-electron chi connectivity index (χ1n) is 13.6. The lowest BCUT2D eigenvalue weighted by Crippen LogP contribution is -2.43. The fourth-order valence-corrected chi connectivity index (χ4v) is 6.43. The molecule has 1 aliphatic heterocycles. The molecule has 7 heteroatoms. The molecule has 200 valence electrons. The molecule has 4 nitrogen and oxygen atoms in total. The molecule has 3 aromatic rings. The van der Waals surface area contributed by atoms with Crippen LogP contribution in [0.15, 0.2) is 66.7 Å². The minimum atomic E-state index is -0.511. The Kier molecular flexibility index (Phi) is 8.88. The molecule has 0 bridgehead atoms. The van der Waals surface area contributed by atoms with Gasteiger partial charge in [0.25, 0.3) is 0 Å². The highest BCUT2D eigenvalue weighted by Crippen LogP contribution is 2.36. The Morgan fingerprint density at radius 2 is 1.66 bits per heavy atom. The molecule has 1 saturated carbocycles. The van der Waals surface area contributed by atoms with Gasteiger partial charge in [0, 0.05) is 29.2 Å². The second-order valence-corrected chi connectivity index (χ2v) is 11.4. The highest BCUT2D eigenvalue weighted by atomic mass is 35.5. The summed E-state index contributed by atoms with van der Waals surface area (Å²) in [5, 5.41) is 6.54. The predicted molar refractivity (Wildman–Crippen MR) is 155 cm³/mol. The SMILES string of the molecule is O=C(NCC(c1ccc(-c2cccc(Cl)c2)cc1)C1CCN(C2CCCC2)CC1)Nc1ccc(F)c(Cl)c1. The van der Waals surface area contributed by atoms with Gasteiger partial charge in [-0.25, -0.2) is 9.18 Å². The van der Waals surface area contributed by atoms with E-state index >= 15 is 0 Å². The maximum absolute atomic E-state index is 13.5. The Morgan fingerprint density at radius 3 is 2.34 bits per heavy atom. The first kappa shape index (κ1) is 27.0. The van der Waals surface area contributed by atoms with Crippen LogP contribution in [0.1, 0.15) is 50.0 Å². The normalized spacial score (nSPS) is 17.9. The summed E-state index contributed by atoms with van der Waals surface area (Å²) in [7, 11) is 0. The second kappa shape index (κ2) is 12.5. The van der Waals surface area contributed by atoms with Crippen LogP contribution in [0.25, 0.3) is 11.1 Å². The molecule has 2 aliphatic rings. The molecule has 38 heavy (non-hydrogen) atoms. The number of benzene rings is 3. The van der Waals surface area contributed by atoms with E-state index in [0.717, 1.165) is 48.1 Å². The molecule has 2 N–H and O–H groups in total. The smallest absolute Gasteiger partial charge is 0.319 e. The standard InChI is InChI=1S/C31H34Cl2FN3O/c32-25-5-3-4-24(18-25)21-8-10-22(11-9-21)28(23-14-16-37(17-15-23)27-6-1-2-7-27)20-35-31(38)36-26-12-13-30(34)29(33)19-26/h3-5,8-13,18-19,23,27-28H,1-2,6-7,14-17,20H2,(H2,35,36,38). The van der Waals surface area contributed by atoms with Crippen LogP contribution in [0.3, 0.4) is 0 Å². The average Bonchev–Trinajstić information content (AvgIpc) is 3.47. The summed E-state index contributed by atoms with van der Waals surface area (Å²) in [6.45, 7) is 2.75. The number of nitrogens with zero attached hydrogens (tertiary/aromatic N) is 1. The van der Waals surface area contributed by atoms with Crippen LogP contribution in [0.2, 0.25) is 10.0 Å². The van der Waals surface area contributed by atoms with Gasteiger partial charge >= 0.3 is 6.03 Å². The lowest BCUT2D eigenvalue weighted by Gasteiger charge is -2.39. The summed E-state index contributed by atoms with van der Waals surface area (Å²) in [4.78, 5) is 15.4. The van der Waals surface area contributed by atoms with Crippen LogP contribution in [0.4, 0.5) is 14.9 Å². The van der Waals surface area contributed by atoms with E-state index in [1.54, 1.807) is 0 Å². The van der Waals surface area contributed by atoms with Gasteiger partial charge in [-0.1, -0.05) is 72.4 Å². The van der Waals surface area contributed by atoms with E-state index < -0.39 is 5.82 Å². The van der Waals surface area contributed by atoms with Gasteiger partial charge < -0.3 is 15.5 Å². The third kappa shape index (κ3) is 6.69. The topological polar surface area (TPSA) is 44.4 Å². The minimum Gasteiger partial charge on any atom is -0.337 e. The van der Waals surface area contributed by atoms with Crippen LogP contribution in [0, 0.1) is 11.7 Å². The van der Waals surface area contributed by atoms with Gasteiger partial charge in [0.2, 0.25) is 0 Å². The van der Waals surface area contributed by atoms with Crippen LogP contribution in [-0.2, 0) is 0 Å². The van der Waals surface area contributed by atoms with Gasteiger partial charge in [-0.3, -0.25) is 0 Å². The Balaban J connectivity index is 1.28. The van der Waals surface area contributed by atoms with Crippen molar-refractivity contribution in [2.24, 2.45) is 5.92 Å². The third-order valence-corrected chi connectivity index (χ3v) is 8.67. The van der Waals surface area contributed by atoms with Crippen molar-refractivity contribution in [3.8, 4) is 11.1 Å². The minimum absolute atomic E-state index is 0.0190. The summed E-state index contributed by atoms with van der Waals surface area (Å²) in [6, 6.07) is 21.1. The number of amides is 2. The zero-order valence-electron chi connectivity index (χ0n) is 21.4. The highest BCUT2D eigenvalue weighted by molar-refractivity contribution is 6.31. The average molecular weight is 555 g/mol. The zero-order valence-corrected chi connectivity index (χ0v) is 22.9. The number of halogens is 3. The largest absolute Gasteiger partial charge is 0.337 e. The van der Waals surface area contributed by atoms with Crippen LogP contribution in [-0.4, -0.2) is 36.6 Å². The number of piperidine rings is 1. The number of likely N-dealkylation sites (tertiary alicyclic amines) is 1. The first-order chi connectivity index (χ1) is 18.5. The van der Waals surface area contributed by atoms with Gasteiger partial charge in [0.15, 0.2) is 0 Å². The van der Waals surface area contributed by atoms with Crippen molar-refractivity contribution in [3.05, 3.63) is 88.2 Å². The molecule has 0 aromatic heterocycles. The third-order valence-electron chi connectivity index (χ3n) is 8.14. The van der Waals surface area contributed by atoms with Gasteiger partial charge in [0.1, 0.15) is 5.82 Å². The Morgan fingerprint density at radius 1 is 0.921 bits per heavy atom. The van der Waals surface area contributed by atoms with Crippen LogP contribution >= 0.6 is 23.2 Å². The molecule has 5 rings (SSSR count). The van der Waals surface area contributed by atoms with Gasteiger partial charge in [-0.05, 0) is 91.7 Å². The summed E-state index contributed by atoms with van der Waals surface area (Å²) < 4.78 is 13.5. The molecule has 2 fully saturated rings. The van der Waals surface area contributed by atoms with E-state index in [4.69, 9.17) is 23.2 Å². The molecule has 3 aromatic carbocycles. The molecule has 1 aliphatic carbocycles. The number of carbonyl (C=O) groups excluding carboxylic acids is 1. The van der Waals surface area contributed by atoms with E-state index in [9.17, 15) is 9.18 Å². The van der Waals surface area contributed by atoms with E-state index in [0.29, 0.717) is 18.2 Å². The summed E-state index contributed by atoms with van der Waals surface area (Å²) in [5.74, 6) is 0.157. The molecule has 1 heterocycles.